The number of nitrogens with one attached hydrogen (secondary N) is 2. The molecular formula is C16H23N5. The average Bonchev–Trinajstić information content (AvgIpc) is 2.51. The molecule has 3 rings (SSSR count). The summed E-state index contributed by atoms with van der Waals surface area (Å²) in [6.07, 6.45) is 4.38. The van der Waals surface area contributed by atoms with Crippen molar-refractivity contribution in [1.82, 2.24) is 15.6 Å². The molecule has 0 saturated carbocycles. The lowest BCUT2D eigenvalue weighted by atomic mass is 10.0. The molecule has 112 valence electrons. The maximum atomic E-state index is 4.70. The Morgan fingerprint density at radius 1 is 1.29 bits per heavy atom. The van der Waals surface area contributed by atoms with Gasteiger partial charge in [-0.25, -0.2) is 4.99 Å². The zero-order valence-electron chi connectivity index (χ0n) is 12.9. The van der Waals surface area contributed by atoms with E-state index in [4.69, 9.17) is 4.99 Å². The molecule has 2 aliphatic rings. The number of anilines is 1. The Bertz CT molecular complexity index is 578. The second-order valence-corrected chi connectivity index (χ2v) is 5.57. The average molecular weight is 285 g/mol. The van der Waals surface area contributed by atoms with E-state index in [-0.39, 0.29) is 6.29 Å². The Balaban J connectivity index is 1.82. The van der Waals surface area contributed by atoms with Crippen LogP contribution in [0.1, 0.15) is 18.9 Å². The van der Waals surface area contributed by atoms with Gasteiger partial charge in [0.05, 0.1) is 5.69 Å². The Kier molecular flexibility index (Phi) is 3.84. The van der Waals surface area contributed by atoms with Gasteiger partial charge in [0.2, 0.25) is 0 Å². The van der Waals surface area contributed by atoms with E-state index in [0.717, 1.165) is 25.2 Å². The van der Waals surface area contributed by atoms with Crippen LogP contribution in [0, 0.1) is 0 Å². The van der Waals surface area contributed by atoms with Crippen molar-refractivity contribution in [1.29, 1.82) is 0 Å². The van der Waals surface area contributed by atoms with Crippen molar-refractivity contribution >= 4 is 11.5 Å². The van der Waals surface area contributed by atoms with Gasteiger partial charge in [0.15, 0.2) is 6.29 Å². The lowest BCUT2D eigenvalue weighted by Gasteiger charge is -2.35. The number of hydrogen-bond acceptors (Lipinski definition) is 5. The third-order valence-corrected chi connectivity index (χ3v) is 4.15. The van der Waals surface area contributed by atoms with Crippen LogP contribution >= 0.6 is 0 Å². The maximum absolute atomic E-state index is 4.70. The van der Waals surface area contributed by atoms with Crippen LogP contribution in [-0.4, -0.2) is 37.7 Å². The highest BCUT2D eigenvalue weighted by atomic mass is 15.5. The number of nitrogens with zero attached hydrogens (tertiary/aromatic N) is 3. The number of amidine groups is 1. The number of aliphatic imine (C=N–C) groups is 1. The van der Waals surface area contributed by atoms with Gasteiger partial charge >= 0.3 is 0 Å². The molecule has 0 spiro atoms. The molecule has 5 heteroatoms. The summed E-state index contributed by atoms with van der Waals surface area (Å²) in [6, 6.07) is 8.57. The molecule has 0 fully saturated rings. The normalized spacial score (nSPS) is 21.6. The van der Waals surface area contributed by atoms with Gasteiger partial charge in [0.25, 0.3) is 0 Å². The molecule has 21 heavy (non-hydrogen) atoms. The highest BCUT2D eigenvalue weighted by Gasteiger charge is 2.21. The molecule has 1 unspecified atom stereocenters. The number of rotatable bonds is 2. The zero-order valence-corrected chi connectivity index (χ0v) is 12.9. The van der Waals surface area contributed by atoms with Gasteiger partial charge in [-0.3, -0.25) is 15.8 Å². The Labute approximate surface area is 126 Å². The summed E-state index contributed by atoms with van der Waals surface area (Å²) < 4.78 is 0. The molecule has 2 N–H and O–H groups in total. The monoisotopic (exact) mass is 285 g/mol. The first-order valence-electron chi connectivity index (χ1n) is 7.47. The van der Waals surface area contributed by atoms with Gasteiger partial charge < -0.3 is 4.90 Å². The summed E-state index contributed by atoms with van der Waals surface area (Å²) in [6.45, 7) is 3.10. The second kappa shape index (κ2) is 5.77. The Morgan fingerprint density at radius 2 is 2.10 bits per heavy atom. The molecule has 0 saturated heterocycles. The minimum Gasteiger partial charge on any atom is -0.344 e. The van der Waals surface area contributed by atoms with Crippen LogP contribution in [-0.2, 0) is 6.42 Å². The van der Waals surface area contributed by atoms with Crippen LogP contribution in [0.2, 0.25) is 0 Å². The molecule has 1 aromatic carbocycles. The van der Waals surface area contributed by atoms with Crippen molar-refractivity contribution in [3.63, 3.8) is 0 Å². The molecule has 0 aromatic heterocycles. The lowest BCUT2D eigenvalue weighted by Crippen LogP contribution is -2.49. The van der Waals surface area contributed by atoms with Crippen LogP contribution in [0.5, 0.6) is 0 Å². The van der Waals surface area contributed by atoms with Crippen LogP contribution in [0.15, 0.2) is 41.0 Å². The lowest BCUT2D eigenvalue weighted by molar-refractivity contribution is 0.273. The maximum Gasteiger partial charge on any atom is 0.177 e. The predicted octanol–water partition coefficient (Wildman–Crippen LogP) is 1.69. The van der Waals surface area contributed by atoms with Crippen LogP contribution < -0.4 is 15.8 Å². The second-order valence-electron chi connectivity index (χ2n) is 5.57. The zero-order chi connectivity index (χ0) is 14.8. The van der Waals surface area contributed by atoms with E-state index in [0.29, 0.717) is 0 Å². The number of aryl methyl sites for hydroxylation is 1. The number of allylic oxidation sites excluding steroid dienone is 1. The Morgan fingerprint density at radius 3 is 2.90 bits per heavy atom. The SMILES string of the molecule is CNC1N=C(NN2CCCc3ccccc32)C=C(C)N1C. The van der Waals surface area contributed by atoms with E-state index < -0.39 is 0 Å². The molecule has 0 amide bonds. The van der Waals surface area contributed by atoms with Crippen molar-refractivity contribution in [3.8, 4) is 0 Å². The topological polar surface area (TPSA) is 42.9 Å². The van der Waals surface area contributed by atoms with Crippen molar-refractivity contribution in [2.45, 2.75) is 26.1 Å². The first kappa shape index (κ1) is 13.9. The summed E-state index contributed by atoms with van der Waals surface area (Å²) in [5.74, 6) is 0.904. The summed E-state index contributed by atoms with van der Waals surface area (Å²) in [7, 11) is 3.97. The van der Waals surface area contributed by atoms with Gasteiger partial charge in [-0.1, -0.05) is 18.2 Å². The highest BCUT2D eigenvalue weighted by molar-refractivity contribution is 5.95. The molecule has 2 aliphatic heterocycles. The third kappa shape index (κ3) is 2.74. The molecule has 0 bridgehead atoms. The molecule has 2 heterocycles. The molecular weight excluding hydrogens is 262 g/mol. The van der Waals surface area contributed by atoms with Gasteiger partial charge in [-0.2, -0.15) is 0 Å². The fourth-order valence-electron chi connectivity index (χ4n) is 2.86. The first-order chi connectivity index (χ1) is 10.2. The van der Waals surface area contributed by atoms with Crippen molar-refractivity contribution in [3.05, 3.63) is 41.6 Å². The summed E-state index contributed by atoms with van der Waals surface area (Å²) in [5.41, 5.74) is 7.32. The number of hydrogen-bond donors (Lipinski definition) is 2. The number of para-hydroxylation sites is 1. The quantitative estimate of drug-likeness (QED) is 0.868. The number of benzene rings is 1. The first-order valence-corrected chi connectivity index (χ1v) is 7.47. The van der Waals surface area contributed by atoms with Crippen LogP contribution in [0.25, 0.3) is 0 Å². The van der Waals surface area contributed by atoms with Gasteiger partial charge in [0, 0.05) is 25.4 Å². The van der Waals surface area contributed by atoms with E-state index in [1.54, 1.807) is 0 Å². The fourth-order valence-corrected chi connectivity index (χ4v) is 2.86. The van der Waals surface area contributed by atoms with E-state index in [1.165, 1.54) is 16.9 Å². The Hall–Kier alpha value is -2.01. The predicted molar refractivity (Wildman–Crippen MR) is 87.0 cm³/mol. The summed E-state index contributed by atoms with van der Waals surface area (Å²) in [4.78, 5) is 6.82. The summed E-state index contributed by atoms with van der Waals surface area (Å²) >= 11 is 0. The van der Waals surface area contributed by atoms with E-state index in [1.807, 2.05) is 14.1 Å². The van der Waals surface area contributed by atoms with Crippen LogP contribution in [0.4, 0.5) is 5.69 Å². The van der Waals surface area contributed by atoms with Crippen molar-refractivity contribution < 1.29 is 0 Å². The van der Waals surface area contributed by atoms with Gasteiger partial charge in [-0.15, -0.1) is 0 Å². The van der Waals surface area contributed by atoms with Crippen molar-refractivity contribution in [2.24, 2.45) is 4.99 Å². The van der Waals surface area contributed by atoms with Gasteiger partial charge in [0.1, 0.15) is 5.84 Å². The molecule has 0 aliphatic carbocycles. The largest absolute Gasteiger partial charge is 0.344 e. The minimum absolute atomic E-state index is 0.0162. The van der Waals surface area contributed by atoms with Crippen LogP contribution in [0.3, 0.4) is 0 Å². The number of hydrazine groups is 1. The smallest absolute Gasteiger partial charge is 0.177 e. The van der Waals surface area contributed by atoms with E-state index >= 15 is 0 Å². The third-order valence-electron chi connectivity index (χ3n) is 4.15. The molecule has 0 radical (unpaired) electrons. The van der Waals surface area contributed by atoms with E-state index in [9.17, 15) is 0 Å². The fraction of sp³-hybridized carbons (Fsp3) is 0.438. The molecule has 1 atom stereocenters. The van der Waals surface area contributed by atoms with Crippen molar-refractivity contribution in [2.75, 3.05) is 25.6 Å². The van der Waals surface area contributed by atoms with Gasteiger partial charge in [-0.05, 0) is 38.4 Å². The molecule has 1 aromatic rings. The standard InChI is InChI=1S/C16H23N5/c1-12-11-15(18-16(17-2)20(12)3)19-21-10-6-8-13-7-4-5-9-14(13)21/h4-5,7,9,11,16-17H,6,8,10H2,1-3H3,(H,18,19). The number of fused-ring (bicyclic) bond motifs is 1. The van der Waals surface area contributed by atoms with E-state index in [2.05, 4.69) is 57.9 Å². The minimum atomic E-state index is -0.0162. The molecule has 5 nitrogen and oxygen atoms in total. The highest BCUT2D eigenvalue weighted by Crippen LogP contribution is 2.25. The summed E-state index contributed by atoms with van der Waals surface area (Å²) in [5, 5.41) is 5.42.